The quantitative estimate of drug-likeness (QED) is 0.474. The van der Waals surface area contributed by atoms with Gasteiger partial charge in [-0.1, -0.05) is 15.9 Å². The number of anilines is 1. The number of benzene rings is 2. The van der Waals surface area contributed by atoms with Crippen LogP contribution in [0.3, 0.4) is 0 Å². The number of carboxylic acid groups (broad SMARTS) is 1. The van der Waals surface area contributed by atoms with Crippen LogP contribution in [-0.2, 0) is 25.6 Å². The SMILES string of the molecule is Nc1cc(Cl)c(-c2ccc([S+](=O)(O)N3CCC[C@H]3C(=O)O)cc2)c(C(F)(F)F)c1. The van der Waals surface area contributed by atoms with Gasteiger partial charge in [-0.05, 0) is 59.0 Å². The van der Waals surface area contributed by atoms with E-state index in [0.717, 1.165) is 10.4 Å². The highest BCUT2D eigenvalue weighted by Crippen LogP contribution is 2.43. The zero-order chi connectivity index (χ0) is 21.6. The number of hydrogen-bond donors (Lipinski definition) is 3. The Kier molecular flexibility index (Phi) is 5.65. The summed E-state index contributed by atoms with van der Waals surface area (Å²) in [6.45, 7) is 0.121. The van der Waals surface area contributed by atoms with E-state index in [9.17, 15) is 31.8 Å². The molecule has 0 bridgehead atoms. The largest absolute Gasteiger partial charge is 0.480 e. The first kappa shape index (κ1) is 21.6. The molecule has 29 heavy (non-hydrogen) atoms. The van der Waals surface area contributed by atoms with Gasteiger partial charge in [0, 0.05) is 17.8 Å². The average Bonchev–Trinajstić information content (AvgIpc) is 3.11. The number of nitrogens with two attached hydrogens (primary N) is 1. The zero-order valence-corrected chi connectivity index (χ0v) is 16.4. The minimum absolute atomic E-state index is 0.0810. The summed E-state index contributed by atoms with van der Waals surface area (Å²) in [6, 6.07) is 5.73. The molecule has 1 aliphatic heterocycles. The van der Waals surface area contributed by atoms with Crippen LogP contribution in [0, 0.1) is 0 Å². The predicted molar refractivity (Wildman–Crippen MR) is 103 cm³/mol. The van der Waals surface area contributed by atoms with Crippen molar-refractivity contribution in [1.82, 2.24) is 4.31 Å². The summed E-state index contributed by atoms with van der Waals surface area (Å²) in [7, 11) is -3.86. The maximum Gasteiger partial charge on any atom is 0.417 e. The molecule has 2 aromatic carbocycles. The standard InChI is InChI=1S/C18H16ClF3N2O4S/c19-14-9-11(23)8-13(18(20,21)22)16(14)10-3-5-12(6-4-10)29(27,28)24-7-1-2-15(24)17(25)26/h3-6,8-9,15H,1-2,7H2,(H3-,23,25,26,27,28)/p+1/t15-/m0/s1. The van der Waals surface area contributed by atoms with E-state index in [1.54, 1.807) is 0 Å². The first-order chi connectivity index (χ1) is 13.4. The van der Waals surface area contributed by atoms with E-state index in [0.29, 0.717) is 6.42 Å². The van der Waals surface area contributed by atoms with Gasteiger partial charge in [0.15, 0.2) is 6.04 Å². The van der Waals surface area contributed by atoms with Crippen LogP contribution < -0.4 is 5.73 Å². The van der Waals surface area contributed by atoms with Crippen LogP contribution in [0.15, 0.2) is 41.3 Å². The van der Waals surface area contributed by atoms with Crippen molar-refractivity contribution in [2.75, 3.05) is 12.3 Å². The monoisotopic (exact) mass is 449 g/mol. The van der Waals surface area contributed by atoms with Gasteiger partial charge >= 0.3 is 22.5 Å². The van der Waals surface area contributed by atoms with E-state index in [-0.39, 0.29) is 39.7 Å². The zero-order valence-electron chi connectivity index (χ0n) is 14.8. The Hall–Kier alpha value is -2.14. The maximum absolute atomic E-state index is 13.4. The van der Waals surface area contributed by atoms with E-state index in [1.165, 1.54) is 30.3 Å². The Morgan fingerprint density at radius 3 is 2.41 bits per heavy atom. The second-order valence-electron chi connectivity index (χ2n) is 6.58. The van der Waals surface area contributed by atoms with Crippen molar-refractivity contribution >= 4 is 33.7 Å². The summed E-state index contributed by atoms with van der Waals surface area (Å²) in [5.41, 5.74) is 4.10. The minimum Gasteiger partial charge on any atom is -0.480 e. The van der Waals surface area contributed by atoms with E-state index >= 15 is 0 Å². The molecule has 1 unspecified atom stereocenters. The van der Waals surface area contributed by atoms with Gasteiger partial charge in [-0.25, -0.2) is 0 Å². The first-order valence-corrected chi connectivity index (χ1v) is 10.3. The van der Waals surface area contributed by atoms with Crippen molar-refractivity contribution in [3.8, 4) is 11.1 Å². The molecule has 0 amide bonds. The van der Waals surface area contributed by atoms with E-state index in [1.807, 2.05) is 0 Å². The molecule has 2 atom stereocenters. The molecule has 0 saturated carbocycles. The lowest BCUT2D eigenvalue weighted by molar-refractivity contribution is -0.140. The number of aliphatic carboxylic acids is 1. The summed E-state index contributed by atoms with van der Waals surface area (Å²) in [5.74, 6) is -1.20. The highest BCUT2D eigenvalue weighted by Gasteiger charge is 2.49. The third-order valence-corrected chi connectivity index (χ3v) is 6.93. The van der Waals surface area contributed by atoms with Crippen LogP contribution in [0.2, 0.25) is 5.02 Å². The molecule has 4 N–H and O–H groups in total. The van der Waals surface area contributed by atoms with Gasteiger partial charge in [0.25, 0.3) is 0 Å². The molecule has 1 aliphatic rings. The number of nitrogen functional groups attached to an aromatic ring is 1. The number of carbonyl (C=O) groups is 1. The summed E-state index contributed by atoms with van der Waals surface area (Å²) in [5, 5.41) is 9.03. The lowest BCUT2D eigenvalue weighted by Crippen LogP contribution is -2.43. The molecule has 0 spiro atoms. The smallest absolute Gasteiger partial charge is 0.417 e. The second kappa shape index (κ2) is 7.60. The summed E-state index contributed by atoms with van der Waals surface area (Å²) < 4.78 is 64.7. The van der Waals surface area contributed by atoms with Crippen LogP contribution in [0.25, 0.3) is 11.1 Å². The third kappa shape index (κ3) is 4.11. The third-order valence-electron chi connectivity index (χ3n) is 4.67. The molecular formula is C18H17ClF3N2O4S+. The Morgan fingerprint density at radius 2 is 1.86 bits per heavy atom. The number of hydrogen-bond acceptors (Lipinski definition) is 3. The van der Waals surface area contributed by atoms with Gasteiger partial charge in [0.2, 0.25) is 4.90 Å². The topological polar surface area (TPSA) is 104 Å². The van der Waals surface area contributed by atoms with E-state index in [4.69, 9.17) is 17.3 Å². The molecule has 3 rings (SSSR count). The lowest BCUT2D eigenvalue weighted by Gasteiger charge is -2.19. The number of alkyl halides is 3. The highest BCUT2D eigenvalue weighted by molar-refractivity contribution is 7.95. The molecule has 0 aliphatic carbocycles. The summed E-state index contributed by atoms with van der Waals surface area (Å²) >= 11 is 6.00. The van der Waals surface area contributed by atoms with Gasteiger partial charge in [-0.3, -0.25) is 4.79 Å². The molecule has 1 heterocycles. The molecule has 156 valence electrons. The Morgan fingerprint density at radius 1 is 1.24 bits per heavy atom. The minimum atomic E-state index is -4.71. The van der Waals surface area contributed by atoms with Crippen molar-refractivity contribution in [3.05, 3.63) is 47.0 Å². The van der Waals surface area contributed by atoms with Crippen molar-refractivity contribution in [2.45, 2.75) is 30.0 Å². The molecular weight excluding hydrogens is 433 g/mol. The molecule has 1 saturated heterocycles. The van der Waals surface area contributed by atoms with Crippen LogP contribution in [0.1, 0.15) is 18.4 Å². The fourth-order valence-electron chi connectivity index (χ4n) is 3.36. The maximum atomic E-state index is 13.4. The predicted octanol–water partition coefficient (Wildman–Crippen LogP) is 4.40. The molecule has 1 fully saturated rings. The van der Waals surface area contributed by atoms with E-state index in [2.05, 4.69) is 0 Å². The fourth-order valence-corrected chi connectivity index (χ4v) is 5.38. The Labute approximate surface area is 170 Å². The Balaban J connectivity index is 2.02. The summed E-state index contributed by atoms with van der Waals surface area (Å²) in [4.78, 5) is 11.2. The highest BCUT2D eigenvalue weighted by atomic mass is 35.5. The van der Waals surface area contributed by atoms with Crippen molar-refractivity contribution < 1.29 is 31.8 Å². The van der Waals surface area contributed by atoms with Crippen LogP contribution in [-0.4, -0.2) is 32.5 Å². The second-order valence-corrected chi connectivity index (χ2v) is 8.92. The number of rotatable bonds is 4. The first-order valence-electron chi connectivity index (χ1n) is 8.46. The van der Waals surface area contributed by atoms with Gasteiger partial charge < -0.3 is 10.8 Å². The molecule has 2 aromatic rings. The number of carboxylic acids is 1. The summed E-state index contributed by atoms with van der Waals surface area (Å²) in [6.07, 6.45) is -4.02. The number of halogens is 4. The van der Waals surface area contributed by atoms with Gasteiger partial charge in [0.1, 0.15) is 0 Å². The van der Waals surface area contributed by atoms with Crippen LogP contribution >= 0.6 is 11.6 Å². The average molecular weight is 450 g/mol. The van der Waals surface area contributed by atoms with Crippen molar-refractivity contribution in [3.63, 3.8) is 0 Å². The van der Waals surface area contributed by atoms with Crippen LogP contribution in [0.4, 0.5) is 18.9 Å². The van der Waals surface area contributed by atoms with E-state index < -0.39 is 34.2 Å². The molecule has 0 aromatic heterocycles. The fraction of sp³-hybridized carbons (Fsp3) is 0.278. The van der Waals surface area contributed by atoms with Crippen molar-refractivity contribution in [2.24, 2.45) is 0 Å². The van der Waals surface area contributed by atoms with Crippen LogP contribution in [0.5, 0.6) is 0 Å². The number of nitrogens with zero attached hydrogens (tertiary/aromatic N) is 1. The molecule has 0 radical (unpaired) electrons. The Bertz CT molecular complexity index is 998. The van der Waals surface area contributed by atoms with Crippen molar-refractivity contribution in [1.29, 1.82) is 0 Å². The van der Waals surface area contributed by atoms with Gasteiger partial charge in [-0.15, -0.1) is 0 Å². The molecule has 6 nitrogen and oxygen atoms in total. The van der Waals surface area contributed by atoms with Gasteiger partial charge in [0.05, 0.1) is 10.6 Å². The van der Waals surface area contributed by atoms with Gasteiger partial charge in [-0.2, -0.15) is 17.7 Å². The lowest BCUT2D eigenvalue weighted by atomic mass is 9.98. The molecule has 11 heteroatoms. The normalized spacial score (nSPS) is 19.8.